The molecular weight excluding hydrogens is 316 g/mol. The summed E-state index contributed by atoms with van der Waals surface area (Å²) in [5.41, 5.74) is 4.48. The summed E-state index contributed by atoms with van der Waals surface area (Å²) in [6, 6.07) is 11.3. The highest BCUT2D eigenvalue weighted by atomic mass is 16.3. The topological polar surface area (TPSA) is 63.3 Å². The molecule has 0 spiro atoms. The summed E-state index contributed by atoms with van der Waals surface area (Å²) in [7, 11) is 1.92. The lowest BCUT2D eigenvalue weighted by Crippen LogP contribution is -2.42. The molecule has 1 amide bonds. The predicted molar refractivity (Wildman–Crippen MR) is 94.1 cm³/mol. The molecule has 2 aromatic heterocycles. The van der Waals surface area contributed by atoms with Gasteiger partial charge in [0.1, 0.15) is 11.9 Å². The van der Waals surface area contributed by atoms with Crippen LogP contribution in [-0.2, 0) is 13.6 Å². The summed E-state index contributed by atoms with van der Waals surface area (Å²) in [6.45, 7) is 4.39. The van der Waals surface area contributed by atoms with E-state index in [9.17, 15) is 4.79 Å². The number of benzene rings is 1. The first kappa shape index (κ1) is 15.5. The zero-order valence-corrected chi connectivity index (χ0v) is 14.5. The highest BCUT2D eigenvalue weighted by Crippen LogP contribution is 2.36. The molecule has 6 nitrogen and oxygen atoms in total. The SMILES string of the molecule is Cc1nn(C)c(C)c1[C@@H]1Nc2ccccc2C(=O)N1Cc1ccco1. The van der Waals surface area contributed by atoms with E-state index in [2.05, 4.69) is 10.4 Å². The molecule has 0 saturated heterocycles. The fourth-order valence-corrected chi connectivity index (χ4v) is 3.44. The lowest BCUT2D eigenvalue weighted by atomic mass is 10.0. The van der Waals surface area contributed by atoms with Gasteiger partial charge in [-0.25, -0.2) is 0 Å². The summed E-state index contributed by atoms with van der Waals surface area (Å²) in [5, 5.41) is 8.02. The zero-order chi connectivity index (χ0) is 17.6. The molecule has 0 bridgehead atoms. The lowest BCUT2D eigenvalue weighted by molar-refractivity contribution is 0.0650. The van der Waals surface area contributed by atoms with E-state index >= 15 is 0 Å². The van der Waals surface area contributed by atoms with E-state index in [-0.39, 0.29) is 12.1 Å². The Bertz CT molecular complexity index is 927. The van der Waals surface area contributed by atoms with Crippen molar-refractivity contribution in [3.63, 3.8) is 0 Å². The molecule has 1 atom stereocenters. The van der Waals surface area contributed by atoms with Crippen LogP contribution in [0.2, 0.25) is 0 Å². The first-order chi connectivity index (χ1) is 12.1. The molecule has 3 aromatic rings. The normalized spacial score (nSPS) is 16.7. The van der Waals surface area contributed by atoms with Crippen molar-refractivity contribution in [1.82, 2.24) is 14.7 Å². The molecule has 0 unspecified atom stereocenters. The second kappa shape index (κ2) is 5.81. The number of rotatable bonds is 3. The van der Waals surface area contributed by atoms with Crippen molar-refractivity contribution in [1.29, 1.82) is 0 Å². The Kier molecular flexibility index (Phi) is 3.60. The number of hydrogen-bond donors (Lipinski definition) is 1. The standard InChI is InChI=1S/C19H20N4O2/c1-12-17(13(2)22(3)21-12)18-20-16-9-5-4-8-15(16)19(24)23(18)11-14-7-6-10-25-14/h4-10,18,20H,11H2,1-3H3/t18-/m1/s1. The molecule has 1 aromatic carbocycles. The minimum atomic E-state index is -0.291. The number of furan rings is 1. The molecule has 1 aliphatic heterocycles. The van der Waals surface area contributed by atoms with Crippen LogP contribution in [0.3, 0.4) is 0 Å². The van der Waals surface area contributed by atoms with Crippen LogP contribution in [0.1, 0.15) is 39.2 Å². The summed E-state index contributed by atoms with van der Waals surface area (Å²) in [5.74, 6) is 0.733. The molecule has 4 rings (SSSR count). The Balaban J connectivity index is 1.83. The van der Waals surface area contributed by atoms with E-state index in [0.717, 1.165) is 28.4 Å². The van der Waals surface area contributed by atoms with Gasteiger partial charge in [0, 0.05) is 24.0 Å². The van der Waals surface area contributed by atoms with Gasteiger partial charge in [0.15, 0.2) is 0 Å². The minimum absolute atomic E-state index is 0.0154. The van der Waals surface area contributed by atoms with Gasteiger partial charge in [-0.2, -0.15) is 5.10 Å². The van der Waals surface area contributed by atoms with Crippen molar-refractivity contribution in [3.05, 3.63) is 70.9 Å². The summed E-state index contributed by atoms with van der Waals surface area (Å²) in [6.07, 6.45) is 1.34. The molecule has 0 radical (unpaired) electrons. The van der Waals surface area contributed by atoms with Gasteiger partial charge < -0.3 is 14.6 Å². The third kappa shape index (κ3) is 2.50. The molecular formula is C19H20N4O2. The second-order valence-corrected chi connectivity index (χ2v) is 6.31. The van der Waals surface area contributed by atoms with E-state index < -0.39 is 0 Å². The summed E-state index contributed by atoms with van der Waals surface area (Å²) >= 11 is 0. The van der Waals surface area contributed by atoms with Gasteiger partial charge in [0.05, 0.1) is 24.1 Å². The molecule has 3 heterocycles. The quantitative estimate of drug-likeness (QED) is 0.796. The number of amides is 1. The van der Waals surface area contributed by atoms with Crippen molar-refractivity contribution >= 4 is 11.6 Å². The average Bonchev–Trinajstić information content (AvgIpc) is 3.19. The Morgan fingerprint density at radius 3 is 2.68 bits per heavy atom. The molecule has 0 aliphatic carbocycles. The average molecular weight is 336 g/mol. The highest BCUT2D eigenvalue weighted by molar-refractivity contribution is 6.01. The summed E-state index contributed by atoms with van der Waals surface area (Å²) < 4.78 is 7.33. The molecule has 0 saturated carbocycles. The molecule has 128 valence electrons. The third-order valence-electron chi connectivity index (χ3n) is 4.77. The van der Waals surface area contributed by atoms with E-state index in [4.69, 9.17) is 4.42 Å². The maximum absolute atomic E-state index is 13.2. The van der Waals surface area contributed by atoms with Crippen LogP contribution in [0.4, 0.5) is 5.69 Å². The number of carbonyl (C=O) groups is 1. The number of nitrogens with zero attached hydrogens (tertiary/aromatic N) is 3. The number of para-hydroxylation sites is 1. The first-order valence-electron chi connectivity index (χ1n) is 8.25. The van der Waals surface area contributed by atoms with Crippen LogP contribution in [0, 0.1) is 13.8 Å². The Labute approximate surface area is 146 Å². The third-order valence-corrected chi connectivity index (χ3v) is 4.77. The summed E-state index contributed by atoms with van der Waals surface area (Å²) in [4.78, 5) is 15.0. The van der Waals surface area contributed by atoms with Gasteiger partial charge in [0.2, 0.25) is 0 Å². The van der Waals surface area contributed by atoms with E-state index in [0.29, 0.717) is 12.1 Å². The molecule has 1 aliphatic rings. The Morgan fingerprint density at radius 1 is 1.20 bits per heavy atom. The van der Waals surface area contributed by atoms with Gasteiger partial charge in [0.25, 0.3) is 5.91 Å². The molecule has 0 fully saturated rings. The number of aryl methyl sites for hydroxylation is 2. The van der Waals surface area contributed by atoms with Crippen LogP contribution < -0.4 is 5.32 Å². The number of hydrogen-bond acceptors (Lipinski definition) is 4. The van der Waals surface area contributed by atoms with Crippen LogP contribution in [-0.4, -0.2) is 20.6 Å². The van der Waals surface area contributed by atoms with Crippen molar-refractivity contribution < 1.29 is 9.21 Å². The monoisotopic (exact) mass is 336 g/mol. The van der Waals surface area contributed by atoms with Crippen LogP contribution in [0.15, 0.2) is 47.1 Å². The Hall–Kier alpha value is -3.02. The van der Waals surface area contributed by atoms with Crippen LogP contribution >= 0.6 is 0 Å². The number of nitrogens with one attached hydrogen (secondary N) is 1. The predicted octanol–water partition coefficient (Wildman–Crippen LogP) is 3.40. The largest absolute Gasteiger partial charge is 0.467 e. The van der Waals surface area contributed by atoms with Crippen LogP contribution in [0.25, 0.3) is 0 Å². The fraction of sp³-hybridized carbons (Fsp3) is 0.263. The van der Waals surface area contributed by atoms with Gasteiger partial charge in [-0.05, 0) is 38.1 Å². The van der Waals surface area contributed by atoms with Gasteiger partial charge in [-0.15, -0.1) is 0 Å². The van der Waals surface area contributed by atoms with Crippen molar-refractivity contribution in [2.75, 3.05) is 5.32 Å². The van der Waals surface area contributed by atoms with Crippen molar-refractivity contribution in [3.8, 4) is 0 Å². The highest BCUT2D eigenvalue weighted by Gasteiger charge is 2.36. The van der Waals surface area contributed by atoms with Crippen molar-refractivity contribution in [2.24, 2.45) is 7.05 Å². The van der Waals surface area contributed by atoms with Gasteiger partial charge in [-0.3, -0.25) is 9.48 Å². The smallest absolute Gasteiger partial charge is 0.258 e. The number of carbonyl (C=O) groups excluding carboxylic acids is 1. The maximum atomic E-state index is 13.2. The molecule has 1 N–H and O–H groups in total. The number of fused-ring (bicyclic) bond motifs is 1. The lowest BCUT2D eigenvalue weighted by Gasteiger charge is -2.37. The van der Waals surface area contributed by atoms with E-state index in [1.54, 1.807) is 11.2 Å². The van der Waals surface area contributed by atoms with Crippen LogP contribution in [0.5, 0.6) is 0 Å². The first-order valence-corrected chi connectivity index (χ1v) is 8.25. The molecule has 6 heteroatoms. The van der Waals surface area contributed by atoms with Gasteiger partial charge >= 0.3 is 0 Å². The zero-order valence-electron chi connectivity index (χ0n) is 14.5. The van der Waals surface area contributed by atoms with Gasteiger partial charge in [-0.1, -0.05) is 12.1 Å². The Morgan fingerprint density at radius 2 is 2.00 bits per heavy atom. The minimum Gasteiger partial charge on any atom is -0.467 e. The fourth-order valence-electron chi connectivity index (χ4n) is 3.44. The number of anilines is 1. The maximum Gasteiger partial charge on any atom is 0.258 e. The van der Waals surface area contributed by atoms with E-state index in [1.807, 2.05) is 62.0 Å². The number of aromatic nitrogens is 2. The molecule has 25 heavy (non-hydrogen) atoms. The van der Waals surface area contributed by atoms with E-state index in [1.165, 1.54) is 0 Å². The second-order valence-electron chi connectivity index (χ2n) is 6.31. The van der Waals surface area contributed by atoms with Crippen molar-refractivity contribution in [2.45, 2.75) is 26.6 Å².